The SMILES string of the molecule is CS(=O)(=O)Nc1ccc(C(=O)/C=C\c2csc(C3CC3)n2)cc1. The van der Waals surface area contributed by atoms with Crippen LogP contribution >= 0.6 is 11.3 Å². The smallest absolute Gasteiger partial charge is 0.229 e. The lowest BCUT2D eigenvalue weighted by atomic mass is 10.1. The molecule has 1 aliphatic rings. The van der Waals surface area contributed by atoms with Gasteiger partial charge >= 0.3 is 0 Å². The minimum Gasteiger partial charge on any atom is -0.289 e. The first-order valence-electron chi connectivity index (χ1n) is 7.16. The van der Waals surface area contributed by atoms with Crippen LogP contribution in [0.4, 0.5) is 5.69 Å². The van der Waals surface area contributed by atoms with Crippen LogP contribution in [0.2, 0.25) is 0 Å². The summed E-state index contributed by atoms with van der Waals surface area (Å²) in [5, 5.41) is 3.10. The molecule has 1 aliphatic carbocycles. The summed E-state index contributed by atoms with van der Waals surface area (Å²) in [6, 6.07) is 6.32. The van der Waals surface area contributed by atoms with Crippen molar-refractivity contribution >= 4 is 38.9 Å². The van der Waals surface area contributed by atoms with Gasteiger partial charge in [-0.05, 0) is 49.3 Å². The van der Waals surface area contributed by atoms with Crippen molar-refractivity contribution in [2.45, 2.75) is 18.8 Å². The number of nitrogens with zero attached hydrogens (tertiary/aromatic N) is 1. The number of sulfonamides is 1. The van der Waals surface area contributed by atoms with Crippen molar-refractivity contribution in [1.82, 2.24) is 4.98 Å². The number of carbonyl (C=O) groups excluding carboxylic acids is 1. The normalized spacial score (nSPS) is 15.0. The van der Waals surface area contributed by atoms with Crippen LogP contribution in [0.1, 0.15) is 39.8 Å². The van der Waals surface area contributed by atoms with Crippen LogP contribution in [0, 0.1) is 0 Å². The van der Waals surface area contributed by atoms with Crippen molar-refractivity contribution in [1.29, 1.82) is 0 Å². The quantitative estimate of drug-likeness (QED) is 0.642. The molecule has 3 rings (SSSR count). The van der Waals surface area contributed by atoms with Gasteiger partial charge in [-0.1, -0.05) is 0 Å². The highest BCUT2D eigenvalue weighted by atomic mass is 32.2. The van der Waals surface area contributed by atoms with E-state index in [2.05, 4.69) is 9.71 Å². The molecule has 5 nitrogen and oxygen atoms in total. The van der Waals surface area contributed by atoms with Gasteiger partial charge in [0.2, 0.25) is 10.0 Å². The number of carbonyl (C=O) groups is 1. The summed E-state index contributed by atoms with van der Waals surface area (Å²) < 4.78 is 24.6. The van der Waals surface area contributed by atoms with E-state index in [9.17, 15) is 13.2 Å². The third-order valence-electron chi connectivity index (χ3n) is 3.34. The van der Waals surface area contributed by atoms with Gasteiger partial charge in [-0.2, -0.15) is 0 Å². The number of rotatable bonds is 6. The molecule has 0 bridgehead atoms. The van der Waals surface area contributed by atoms with Crippen LogP contribution in [-0.4, -0.2) is 25.4 Å². The number of ketones is 1. The lowest BCUT2D eigenvalue weighted by Gasteiger charge is -2.03. The molecule has 1 heterocycles. The van der Waals surface area contributed by atoms with Gasteiger partial charge in [-0.3, -0.25) is 9.52 Å². The minimum absolute atomic E-state index is 0.142. The zero-order valence-electron chi connectivity index (χ0n) is 12.5. The Morgan fingerprint density at radius 1 is 1.30 bits per heavy atom. The van der Waals surface area contributed by atoms with E-state index < -0.39 is 10.0 Å². The predicted molar refractivity (Wildman–Crippen MR) is 92.4 cm³/mol. The Bertz CT molecular complexity index is 848. The third kappa shape index (κ3) is 4.49. The summed E-state index contributed by atoms with van der Waals surface area (Å²) in [7, 11) is -3.31. The molecule has 1 saturated carbocycles. The van der Waals surface area contributed by atoms with Crippen molar-refractivity contribution < 1.29 is 13.2 Å². The number of allylic oxidation sites excluding steroid dienone is 1. The van der Waals surface area contributed by atoms with Crippen LogP contribution in [0.3, 0.4) is 0 Å². The average Bonchev–Trinajstić information content (AvgIpc) is 3.23. The Morgan fingerprint density at radius 2 is 2.00 bits per heavy atom. The molecule has 120 valence electrons. The van der Waals surface area contributed by atoms with Crippen molar-refractivity contribution in [3.05, 3.63) is 52.0 Å². The van der Waals surface area contributed by atoms with Crippen molar-refractivity contribution in [2.75, 3.05) is 11.0 Å². The molecule has 0 aliphatic heterocycles. The molecule has 1 fully saturated rings. The molecule has 1 aromatic heterocycles. The molecule has 1 N–H and O–H groups in total. The zero-order valence-corrected chi connectivity index (χ0v) is 14.2. The number of aromatic nitrogens is 1. The van der Waals surface area contributed by atoms with E-state index in [-0.39, 0.29) is 5.78 Å². The number of nitrogens with one attached hydrogen (secondary N) is 1. The van der Waals surface area contributed by atoms with Gasteiger partial charge in [0.05, 0.1) is 17.0 Å². The average molecular weight is 348 g/mol. The van der Waals surface area contributed by atoms with Crippen molar-refractivity contribution in [3.63, 3.8) is 0 Å². The van der Waals surface area contributed by atoms with Gasteiger partial charge < -0.3 is 0 Å². The summed E-state index contributed by atoms with van der Waals surface area (Å²) in [5.74, 6) is 0.476. The second-order valence-electron chi connectivity index (χ2n) is 5.53. The standard InChI is InChI=1S/C16H16N2O3S2/c1-23(20,21)18-13-6-4-11(5-7-13)15(19)9-8-14-10-22-16(17-14)12-2-3-12/h4-10,12,18H,2-3H2,1H3/b9-8-. The topological polar surface area (TPSA) is 76.1 Å². The maximum atomic E-state index is 12.1. The van der Waals surface area contributed by atoms with Crippen LogP contribution < -0.4 is 4.72 Å². The third-order valence-corrected chi connectivity index (χ3v) is 4.98. The van der Waals surface area contributed by atoms with Gasteiger partial charge in [0.1, 0.15) is 0 Å². The highest BCUT2D eigenvalue weighted by Gasteiger charge is 2.26. The monoisotopic (exact) mass is 348 g/mol. The molecule has 0 spiro atoms. The van der Waals surface area contributed by atoms with E-state index >= 15 is 0 Å². The first-order chi connectivity index (χ1) is 10.9. The molecular weight excluding hydrogens is 332 g/mol. The molecule has 0 radical (unpaired) electrons. The Balaban J connectivity index is 1.66. The van der Waals surface area contributed by atoms with E-state index in [1.54, 1.807) is 41.7 Å². The first-order valence-corrected chi connectivity index (χ1v) is 9.93. The molecular formula is C16H16N2O3S2. The lowest BCUT2D eigenvalue weighted by Crippen LogP contribution is -2.09. The second kappa shape index (κ2) is 6.25. The maximum absolute atomic E-state index is 12.1. The number of hydrogen-bond acceptors (Lipinski definition) is 5. The summed E-state index contributed by atoms with van der Waals surface area (Å²) in [6.07, 6.45) is 6.71. The van der Waals surface area contributed by atoms with Gasteiger partial charge in [0, 0.05) is 22.5 Å². The van der Waals surface area contributed by atoms with E-state index in [1.807, 2.05) is 5.38 Å². The van der Waals surface area contributed by atoms with Crippen LogP contribution in [0.15, 0.2) is 35.7 Å². The van der Waals surface area contributed by atoms with Crippen LogP contribution in [0.25, 0.3) is 6.08 Å². The van der Waals surface area contributed by atoms with Crippen molar-refractivity contribution in [2.24, 2.45) is 0 Å². The summed E-state index contributed by atoms with van der Waals surface area (Å²) in [4.78, 5) is 16.6. The number of hydrogen-bond donors (Lipinski definition) is 1. The zero-order chi connectivity index (χ0) is 16.4. The van der Waals surface area contributed by atoms with Crippen LogP contribution in [-0.2, 0) is 10.0 Å². The summed E-state index contributed by atoms with van der Waals surface area (Å²) in [6.45, 7) is 0. The Morgan fingerprint density at radius 3 is 2.61 bits per heavy atom. The Labute approximate surface area is 139 Å². The highest BCUT2D eigenvalue weighted by Crippen LogP contribution is 2.41. The van der Waals surface area contributed by atoms with Gasteiger partial charge in [-0.15, -0.1) is 11.3 Å². The fourth-order valence-electron chi connectivity index (χ4n) is 2.07. The molecule has 1 aromatic carbocycles. The van der Waals surface area contributed by atoms with E-state index in [0.717, 1.165) is 17.0 Å². The number of benzene rings is 1. The second-order valence-corrected chi connectivity index (χ2v) is 8.17. The Kier molecular flexibility index (Phi) is 4.32. The molecule has 0 saturated heterocycles. The largest absolute Gasteiger partial charge is 0.289 e. The van der Waals surface area contributed by atoms with E-state index in [4.69, 9.17) is 0 Å². The van der Waals surface area contributed by atoms with Gasteiger partial charge in [0.15, 0.2) is 5.78 Å². The minimum atomic E-state index is -3.31. The van der Waals surface area contributed by atoms with E-state index in [1.165, 1.54) is 18.9 Å². The maximum Gasteiger partial charge on any atom is 0.229 e. The van der Waals surface area contributed by atoms with Crippen LogP contribution in [0.5, 0.6) is 0 Å². The molecule has 2 aromatic rings. The molecule has 23 heavy (non-hydrogen) atoms. The Hall–Kier alpha value is -1.99. The summed E-state index contributed by atoms with van der Waals surface area (Å²) in [5.41, 5.74) is 1.74. The van der Waals surface area contributed by atoms with Gasteiger partial charge in [-0.25, -0.2) is 13.4 Å². The molecule has 0 unspecified atom stereocenters. The lowest BCUT2D eigenvalue weighted by molar-refractivity contribution is 0.104. The molecule has 0 amide bonds. The number of thiazole rings is 1. The highest BCUT2D eigenvalue weighted by molar-refractivity contribution is 7.92. The number of anilines is 1. The van der Waals surface area contributed by atoms with Crippen molar-refractivity contribution in [3.8, 4) is 0 Å². The van der Waals surface area contributed by atoms with Gasteiger partial charge in [0.25, 0.3) is 0 Å². The fraction of sp³-hybridized carbons (Fsp3) is 0.250. The molecule has 7 heteroatoms. The summed E-state index contributed by atoms with van der Waals surface area (Å²) >= 11 is 1.64. The fourth-order valence-corrected chi connectivity index (χ4v) is 3.59. The molecule has 0 atom stereocenters. The predicted octanol–water partition coefficient (Wildman–Crippen LogP) is 3.29. The van der Waals surface area contributed by atoms with E-state index in [0.29, 0.717) is 17.2 Å². The first kappa shape index (κ1) is 15.9.